The second-order valence-electron chi connectivity index (χ2n) is 2.46. The third kappa shape index (κ3) is 2.56. The molecule has 0 saturated heterocycles. The van der Waals surface area contributed by atoms with Gasteiger partial charge in [0.2, 0.25) is 0 Å². The van der Waals surface area contributed by atoms with E-state index in [1.807, 2.05) is 6.92 Å². The number of terminal acetylenes is 1. The van der Waals surface area contributed by atoms with Gasteiger partial charge in [0.25, 0.3) is 0 Å². The molecule has 1 rings (SSSR count). The molecule has 1 heterocycles. The zero-order valence-electron chi connectivity index (χ0n) is 7.40. The Morgan fingerprint density at radius 3 is 3.00 bits per heavy atom. The van der Waals surface area contributed by atoms with Crippen molar-refractivity contribution in [1.82, 2.24) is 4.98 Å². The van der Waals surface area contributed by atoms with E-state index in [1.54, 1.807) is 6.92 Å². The molecule has 0 amide bonds. The average Bonchev–Trinajstić information content (AvgIpc) is 2.51. The molecule has 0 aromatic carbocycles. The van der Waals surface area contributed by atoms with E-state index in [1.165, 1.54) is 17.5 Å². The fourth-order valence-corrected chi connectivity index (χ4v) is 1.37. The first-order chi connectivity index (χ1) is 6.13. The predicted molar refractivity (Wildman–Crippen MR) is 50.6 cm³/mol. The summed E-state index contributed by atoms with van der Waals surface area (Å²) in [4.78, 5) is 15.7. The Balaban J connectivity index is 2.65. The van der Waals surface area contributed by atoms with Crippen LogP contribution in [0.5, 0.6) is 0 Å². The Morgan fingerprint density at radius 2 is 2.54 bits per heavy atom. The maximum absolute atomic E-state index is 11.3. The SMILES string of the molecule is C#CC(C)OC(=O)c1cnc(C)s1. The molecular formula is C9H9NO2S. The van der Waals surface area contributed by atoms with Crippen molar-refractivity contribution in [2.75, 3.05) is 0 Å². The first-order valence-electron chi connectivity index (χ1n) is 3.73. The molecule has 13 heavy (non-hydrogen) atoms. The fourth-order valence-electron chi connectivity index (χ4n) is 0.708. The summed E-state index contributed by atoms with van der Waals surface area (Å²) in [6.45, 7) is 3.47. The van der Waals surface area contributed by atoms with Crippen LogP contribution in [0.3, 0.4) is 0 Å². The highest BCUT2D eigenvalue weighted by Gasteiger charge is 2.12. The lowest BCUT2D eigenvalue weighted by Gasteiger charge is -2.04. The van der Waals surface area contributed by atoms with E-state index in [0.717, 1.165) is 5.01 Å². The highest BCUT2D eigenvalue weighted by atomic mass is 32.1. The van der Waals surface area contributed by atoms with E-state index in [2.05, 4.69) is 10.9 Å². The van der Waals surface area contributed by atoms with Crippen molar-refractivity contribution in [3.63, 3.8) is 0 Å². The molecule has 0 N–H and O–H groups in total. The molecule has 0 aliphatic carbocycles. The van der Waals surface area contributed by atoms with Gasteiger partial charge in [-0.1, -0.05) is 5.92 Å². The number of esters is 1. The molecule has 0 saturated carbocycles. The van der Waals surface area contributed by atoms with Gasteiger partial charge in [-0.3, -0.25) is 0 Å². The van der Waals surface area contributed by atoms with E-state index < -0.39 is 12.1 Å². The monoisotopic (exact) mass is 195 g/mol. The number of aryl methyl sites for hydroxylation is 1. The van der Waals surface area contributed by atoms with Crippen molar-refractivity contribution < 1.29 is 9.53 Å². The Labute approximate surface area is 80.8 Å². The largest absolute Gasteiger partial charge is 0.445 e. The third-order valence-electron chi connectivity index (χ3n) is 1.34. The smallest absolute Gasteiger partial charge is 0.351 e. The third-order valence-corrected chi connectivity index (χ3v) is 2.23. The van der Waals surface area contributed by atoms with Crippen LogP contribution in [0, 0.1) is 19.3 Å². The lowest BCUT2D eigenvalue weighted by atomic mass is 10.4. The Morgan fingerprint density at radius 1 is 1.85 bits per heavy atom. The van der Waals surface area contributed by atoms with Crippen molar-refractivity contribution in [3.8, 4) is 12.3 Å². The first-order valence-corrected chi connectivity index (χ1v) is 4.54. The maximum atomic E-state index is 11.3. The van der Waals surface area contributed by atoms with E-state index >= 15 is 0 Å². The van der Waals surface area contributed by atoms with E-state index in [0.29, 0.717) is 4.88 Å². The second kappa shape index (κ2) is 4.06. The van der Waals surface area contributed by atoms with E-state index in [4.69, 9.17) is 11.2 Å². The van der Waals surface area contributed by atoms with Crippen molar-refractivity contribution in [3.05, 3.63) is 16.1 Å². The Hall–Kier alpha value is -1.34. The van der Waals surface area contributed by atoms with Crippen LogP contribution in [0.2, 0.25) is 0 Å². The number of carbonyl (C=O) groups is 1. The summed E-state index contributed by atoms with van der Waals surface area (Å²) in [6.07, 6.45) is 6.06. The molecule has 0 radical (unpaired) electrons. The highest BCUT2D eigenvalue weighted by Crippen LogP contribution is 2.13. The predicted octanol–water partition coefficient (Wildman–Crippen LogP) is 1.63. The van der Waals surface area contributed by atoms with Gasteiger partial charge < -0.3 is 4.74 Å². The normalized spacial score (nSPS) is 11.8. The summed E-state index contributed by atoms with van der Waals surface area (Å²) < 4.78 is 4.89. The van der Waals surface area contributed by atoms with E-state index in [-0.39, 0.29) is 0 Å². The molecular weight excluding hydrogens is 186 g/mol. The number of thiazole rings is 1. The molecule has 3 nitrogen and oxygen atoms in total. The van der Waals surface area contributed by atoms with Gasteiger partial charge in [0.15, 0.2) is 6.10 Å². The maximum Gasteiger partial charge on any atom is 0.351 e. The topological polar surface area (TPSA) is 39.2 Å². The lowest BCUT2D eigenvalue weighted by molar-refractivity contribution is 0.0444. The number of hydrogen-bond donors (Lipinski definition) is 0. The van der Waals surface area contributed by atoms with Gasteiger partial charge in [0.05, 0.1) is 11.2 Å². The molecule has 0 aliphatic heterocycles. The number of carbonyl (C=O) groups excluding carboxylic acids is 1. The summed E-state index contributed by atoms with van der Waals surface area (Å²) in [5, 5.41) is 0.834. The zero-order chi connectivity index (χ0) is 9.84. The van der Waals surface area contributed by atoms with Crippen molar-refractivity contribution in [2.45, 2.75) is 20.0 Å². The molecule has 0 aliphatic rings. The van der Waals surface area contributed by atoms with Gasteiger partial charge in [-0.15, -0.1) is 17.8 Å². The zero-order valence-corrected chi connectivity index (χ0v) is 8.22. The van der Waals surface area contributed by atoms with E-state index in [9.17, 15) is 4.79 Å². The van der Waals surface area contributed by atoms with Crippen LogP contribution in [-0.4, -0.2) is 17.1 Å². The number of aromatic nitrogens is 1. The number of ether oxygens (including phenoxy) is 1. The number of hydrogen-bond acceptors (Lipinski definition) is 4. The summed E-state index contributed by atoms with van der Waals surface area (Å²) in [7, 11) is 0. The molecule has 4 heteroatoms. The number of rotatable bonds is 2. The van der Waals surface area contributed by atoms with Crippen molar-refractivity contribution >= 4 is 17.3 Å². The van der Waals surface area contributed by atoms with Crippen LogP contribution in [0.1, 0.15) is 21.6 Å². The van der Waals surface area contributed by atoms with Gasteiger partial charge in [-0.2, -0.15) is 0 Å². The van der Waals surface area contributed by atoms with Crippen LogP contribution >= 0.6 is 11.3 Å². The first kappa shape index (κ1) is 9.75. The number of nitrogens with zero attached hydrogens (tertiary/aromatic N) is 1. The van der Waals surface area contributed by atoms with Gasteiger partial charge >= 0.3 is 5.97 Å². The van der Waals surface area contributed by atoms with Crippen LogP contribution in [0.25, 0.3) is 0 Å². The lowest BCUT2D eigenvalue weighted by Crippen LogP contribution is -2.11. The van der Waals surface area contributed by atoms with Crippen LogP contribution in [0.4, 0.5) is 0 Å². The Kier molecular flexibility index (Phi) is 3.04. The van der Waals surface area contributed by atoms with Gasteiger partial charge in [0.1, 0.15) is 4.88 Å². The quantitative estimate of drug-likeness (QED) is 0.532. The summed E-state index contributed by atoms with van der Waals surface area (Å²) in [5.74, 6) is 1.91. The van der Waals surface area contributed by atoms with Crippen LogP contribution < -0.4 is 0 Å². The van der Waals surface area contributed by atoms with Gasteiger partial charge in [-0.05, 0) is 13.8 Å². The minimum absolute atomic E-state index is 0.406. The van der Waals surface area contributed by atoms with Crippen LogP contribution in [0.15, 0.2) is 6.20 Å². The second-order valence-corrected chi connectivity index (χ2v) is 3.69. The molecule has 68 valence electrons. The Bertz CT molecular complexity index is 351. The van der Waals surface area contributed by atoms with Crippen LogP contribution in [-0.2, 0) is 4.74 Å². The molecule has 0 fully saturated rings. The van der Waals surface area contributed by atoms with Gasteiger partial charge in [0, 0.05) is 0 Å². The summed E-state index contributed by atoms with van der Waals surface area (Å²) in [5.41, 5.74) is 0. The fraction of sp³-hybridized carbons (Fsp3) is 0.333. The average molecular weight is 195 g/mol. The molecule has 1 aromatic rings. The molecule has 1 unspecified atom stereocenters. The molecule has 0 spiro atoms. The minimum atomic E-state index is -0.491. The van der Waals surface area contributed by atoms with Gasteiger partial charge in [-0.25, -0.2) is 9.78 Å². The molecule has 1 aromatic heterocycles. The highest BCUT2D eigenvalue weighted by molar-refractivity contribution is 7.13. The molecule has 1 atom stereocenters. The standard InChI is InChI=1S/C9H9NO2S/c1-4-6(2)12-9(11)8-5-10-7(3)13-8/h1,5-6H,2-3H3. The summed E-state index contributed by atoms with van der Waals surface area (Å²) >= 11 is 1.29. The minimum Gasteiger partial charge on any atom is -0.445 e. The molecule has 0 bridgehead atoms. The van der Waals surface area contributed by atoms with Crippen molar-refractivity contribution in [2.24, 2.45) is 0 Å². The van der Waals surface area contributed by atoms with Crippen molar-refractivity contribution in [1.29, 1.82) is 0 Å². The summed E-state index contributed by atoms with van der Waals surface area (Å²) in [6, 6.07) is 0.